The molecule has 2 aliphatic carbocycles. The molecule has 2 heterocycles. The Morgan fingerprint density at radius 3 is 1.05 bits per heavy atom. The average molecular weight is 1020 g/mol. The van der Waals surface area contributed by atoms with Gasteiger partial charge in [-0.15, -0.1) is 0 Å². The summed E-state index contributed by atoms with van der Waals surface area (Å²) in [5.41, 5.74) is 24.0. The highest BCUT2D eigenvalue weighted by Gasteiger charge is 2.52. The topological polar surface area (TPSA) is 66.0 Å². The molecule has 0 atom stereocenters. The van der Waals surface area contributed by atoms with Crippen molar-refractivity contribution in [2.45, 2.75) is 10.8 Å². The molecule has 0 unspecified atom stereocenters. The fraction of sp³-hybridized carbons (Fsp3) is 0.0263. The Labute approximate surface area is 464 Å². The second-order valence-corrected chi connectivity index (χ2v) is 21.2. The normalized spacial score (nSPS) is 13.6. The summed E-state index contributed by atoms with van der Waals surface area (Å²) in [6, 6.07) is 99.2. The van der Waals surface area contributed by atoms with E-state index >= 15 is 0 Å². The number of hydrogen-bond acceptors (Lipinski definition) is 4. The summed E-state index contributed by atoms with van der Waals surface area (Å²) in [7, 11) is 0. The van der Waals surface area contributed by atoms with E-state index in [0.29, 0.717) is 11.1 Å². The van der Waals surface area contributed by atoms with Gasteiger partial charge in [0.25, 0.3) is 0 Å². The third-order valence-corrected chi connectivity index (χ3v) is 17.3. The van der Waals surface area contributed by atoms with Gasteiger partial charge in [-0.05, 0) is 161 Å². The first-order valence-electron chi connectivity index (χ1n) is 27.1. The molecule has 2 spiro atoms. The van der Waals surface area contributed by atoms with Gasteiger partial charge < -0.3 is 9.47 Å². The minimum Gasteiger partial charge on any atom is -0.457 e. The van der Waals surface area contributed by atoms with Crippen molar-refractivity contribution in [1.29, 1.82) is 10.5 Å². The van der Waals surface area contributed by atoms with Crippen LogP contribution in [-0.2, 0) is 10.8 Å². The van der Waals surface area contributed by atoms with Crippen molar-refractivity contribution in [3.8, 4) is 113 Å². The largest absolute Gasteiger partial charge is 0.457 e. The molecular formula is C76H44N2O2. The lowest BCUT2D eigenvalue weighted by atomic mass is 9.65. The molecule has 0 N–H and O–H groups in total. The van der Waals surface area contributed by atoms with Gasteiger partial charge in [-0.3, -0.25) is 0 Å². The van der Waals surface area contributed by atoms with E-state index in [1.165, 1.54) is 44.5 Å². The van der Waals surface area contributed by atoms with Crippen LogP contribution >= 0.6 is 0 Å². The van der Waals surface area contributed by atoms with Crippen LogP contribution in [0.25, 0.3) is 77.9 Å². The number of para-hydroxylation sites is 1. The quantitative estimate of drug-likeness (QED) is 0.172. The van der Waals surface area contributed by atoms with Crippen molar-refractivity contribution >= 4 is 0 Å². The van der Waals surface area contributed by atoms with Gasteiger partial charge in [-0.2, -0.15) is 10.5 Å². The minimum atomic E-state index is -0.668. The van der Waals surface area contributed by atoms with E-state index in [2.05, 4.69) is 243 Å². The van der Waals surface area contributed by atoms with Crippen molar-refractivity contribution < 1.29 is 9.47 Å². The van der Waals surface area contributed by atoms with Gasteiger partial charge in [0.1, 0.15) is 23.0 Å². The summed E-state index contributed by atoms with van der Waals surface area (Å²) < 4.78 is 14.1. The van der Waals surface area contributed by atoms with E-state index in [9.17, 15) is 10.5 Å². The number of hydrogen-bond donors (Lipinski definition) is 0. The first-order valence-corrected chi connectivity index (χ1v) is 27.1. The Kier molecular flexibility index (Phi) is 9.86. The number of nitriles is 2. The maximum absolute atomic E-state index is 10.7. The highest BCUT2D eigenvalue weighted by molar-refractivity contribution is 5.92. The van der Waals surface area contributed by atoms with Crippen molar-refractivity contribution in [2.75, 3.05) is 0 Å². The third kappa shape index (κ3) is 6.42. The third-order valence-electron chi connectivity index (χ3n) is 17.3. The zero-order chi connectivity index (χ0) is 53.1. The lowest BCUT2D eigenvalue weighted by Gasteiger charge is -2.39. The summed E-state index contributed by atoms with van der Waals surface area (Å²) in [6.45, 7) is 0. The Bertz CT molecular complexity index is 4630. The summed E-state index contributed by atoms with van der Waals surface area (Å²) in [5.74, 6) is 3.22. The summed E-state index contributed by atoms with van der Waals surface area (Å²) >= 11 is 0. The molecule has 80 heavy (non-hydrogen) atoms. The van der Waals surface area contributed by atoms with E-state index in [1.807, 2.05) is 36.4 Å². The van der Waals surface area contributed by atoms with Crippen molar-refractivity contribution in [3.05, 3.63) is 323 Å². The number of nitrogens with zero attached hydrogens (tertiary/aromatic N) is 2. The molecule has 0 bridgehead atoms. The highest BCUT2D eigenvalue weighted by atomic mass is 16.5. The molecule has 16 rings (SSSR count). The van der Waals surface area contributed by atoms with E-state index in [4.69, 9.17) is 9.47 Å². The highest BCUT2D eigenvalue weighted by Crippen LogP contribution is 2.64. The SMILES string of the molecule is N#Cc1cc(-c2cccc(-c3ccc4c(c3)Oc3ccccc3C43c4ccccc4-c4ccccc43)c2)cc(-c2ccc3c(c2)Oc2cc(-c4cccc(-c5ccccc5C#N)c4)ccc2C32c3ccccc3-c3ccccc32)c1. The molecule has 0 saturated carbocycles. The van der Waals surface area contributed by atoms with Crippen molar-refractivity contribution in [3.63, 3.8) is 0 Å². The lowest BCUT2D eigenvalue weighted by Crippen LogP contribution is -2.32. The predicted octanol–water partition coefficient (Wildman–Crippen LogP) is 18.7. The molecule has 0 saturated heterocycles. The second-order valence-electron chi connectivity index (χ2n) is 21.2. The van der Waals surface area contributed by atoms with Crippen molar-refractivity contribution in [1.82, 2.24) is 0 Å². The molecule has 12 aromatic rings. The van der Waals surface area contributed by atoms with Crippen LogP contribution < -0.4 is 9.47 Å². The van der Waals surface area contributed by atoms with Crippen LogP contribution in [0.1, 0.15) is 55.6 Å². The van der Waals surface area contributed by atoms with Crippen LogP contribution in [0.4, 0.5) is 0 Å². The molecule has 12 aromatic carbocycles. The molecule has 0 amide bonds. The van der Waals surface area contributed by atoms with Crippen LogP contribution in [0.3, 0.4) is 0 Å². The van der Waals surface area contributed by atoms with Crippen molar-refractivity contribution in [2.24, 2.45) is 0 Å². The molecule has 0 radical (unpaired) electrons. The average Bonchev–Trinajstić information content (AvgIpc) is 4.21. The van der Waals surface area contributed by atoms with E-state index in [0.717, 1.165) is 101 Å². The number of rotatable bonds is 5. The second kappa shape index (κ2) is 17.4. The van der Waals surface area contributed by atoms with Crippen LogP contribution in [0.15, 0.2) is 267 Å². The zero-order valence-electron chi connectivity index (χ0n) is 43.1. The van der Waals surface area contributed by atoms with Crippen LogP contribution in [-0.4, -0.2) is 0 Å². The maximum atomic E-state index is 10.7. The molecule has 0 fully saturated rings. The van der Waals surface area contributed by atoms with Crippen LogP contribution in [0, 0.1) is 22.7 Å². The number of fused-ring (bicyclic) bond motifs is 18. The maximum Gasteiger partial charge on any atom is 0.132 e. The first kappa shape index (κ1) is 45.4. The fourth-order valence-corrected chi connectivity index (χ4v) is 13.9. The summed E-state index contributed by atoms with van der Waals surface area (Å²) in [5, 5.41) is 20.6. The van der Waals surface area contributed by atoms with Crippen LogP contribution in [0.2, 0.25) is 0 Å². The number of benzene rings is 12. The minimum absolute atomic E-state index is 0.535. The van der Waals surface area contributed by atoms with E-state index in [-0.39, 0.29) is 0 Å². The van der Waals surface area contributed by atoms with Gasteiger partial charge in [0, 0.05) is 22.3 Å². The molecular weight excluding hydrogens is 973 g/mol. The zero-order valence-corrected chi connectivity index (χ0v) is 43.1. The predicted molar refractivity (Wildman–Crippen MR) is 318 cm³/mol. The Balaban J connectivity index is 0.801. The monoisotopic (exact) mass is 1020 g/mol. The van der Waals surface area contributed by atoms with Gasteiger partial charge in [-0.1, -0.05) is 206 Å². The van der Waals surface area contributed by atoms with Gasteiger partial charge in [0.2, 0.25) is 0 Å². The van der Waals surface area contributed by atoms with E-state index in [1.54, 1.807) is 0 Å². The standard InChI is InChI=1S/C76H44N2O2/c77-45-47-37-56(50-18-13-16-48(39-50)51-31-34-68-72(42-51)79-71-30-12-11-29-67(71)75(68)63-25-7-3-21-59(63)60-22-4-8-26-64(60)75)41-57(38-47)53-33-36-70-74(44-53)80-73-43-52(49-17-14-19-54(40-49)58-20-2-1-15-55(58)46-78)32-35-69(73)76(70)65-27-9-5-23-61(65)62-24-6-10-28-66(62)76/h1-44H. The molecule has 4 nitrogen and oxygen atoms in total. The van der Waals surface area contributed by atoms with Crippen LogP contribution in [0.5, 0.6) is 23.0 Å². The molecule has 4 heteroatoms. The van der Waals surface area contributed by atoms with Gasteiger partial charge >= 0.3 is 0 Å². The lowest BCUT2D eigenvalue weighted by molar-refractivity contribution is 0.436. The molecule has 4 aliphatic rings. The van der Waals surface area contributed by atoms with Gasteiger partial charge in [0.05, 0.1) is 34.1 Å². The number of ether oxygens (including phenoxy) is 2. The smallest absolute Gasteiger partial charge is 0.132 e. The Morgan fingerprint density at radius 2 is 0.575 bits per heavy atom. The summed E-state index contributed by atoms with van der Waals surface area (Å²) in [4.78, 5) is 0. The van der Waals surface area contributed by atoms with Gasteiger partial charge in [0.15, 0.2) is 0 Å². The summed E-state index contributed by atoms with van der Waals surface area (Å²) in [6.07, 6.45) is 0. The molecule has 370 valence electrons. The van der Waals surface area contributed by atoms with Gasteiger partial charge in [-0.25, -0.2) is 0 Å². The molecule has 0 aromatic heterocycles. The first-order chi connectivity index (χ1) is 39.5. The fourth-order valence-electron chi connectivity index (χ4n) is 13.9. The molecule has 2 aliphatic heterocycles. The Hall–Kier alpha value is -10.8. The van der Waals surface area contributed by atoms with E-state index < -0.39 is 10.8 Å². The Morgan fingerprint density at radius 1 is 0.237 bits per heavy atom.